The normalized spacial score (nSPS) is 12.6. The molecule has 96 valence electrons. The summed E-state index contributed by atoms with van der Waals surface area (Å²) in [4.78, 5) is 0. The van der Waals surface area contributed by atoms with E-state index in [0.717, 1.165) is 13.1 Å². The van der Waals surface area contributed by atoms with Crippen molar-refractivity contribution in [1.29, 1.82) is 0 Å². The second-order valence-electron chi connectivity index (χ2n) is 4.40. The van der Waals surface area contributed by atoms with Gasteiger partial charge in [-0.2, -0.15) is 11.8 Å². The summed E-state index contributed by atoms with van der Waals surface area (Å²) in [7, 11) is 0. The van der Waals surface area contributed by atoms with E-state index < -0.39 is 0 Å². The molecule has 0 aromatic heterocycles. The number of aryl methyl sites for hydroxylation is 1. The van der Waals surface area contributed by atoms with Gasteiger partial charge in [-0.3, -0.25) is 0 Å². The zero-order chi connectivity index (χ0) is 12.5. The van der Waals surface area contributed by atoms with Crippen LogP contribution in [-0.4, -0.2) is 24.6 Å². The van der Waals surface area contributed by atoms with Crippen LogP contribution in [0.1, 0.15) is 37.3 Å². The molecule has 1 atom stereocenters. The predicted molar refractivity (Wildman–Crippen MR) is 80.1 cm³/mol. The van der Waals surface area contributed by atoms with E-state index in [0.29, 0.717) is 5.92 Å². The number of nitrogens with one attached hydrogen (secondary N) is 1. The molecule has 0 spiro atoms. The number of hydrogen-bond acceptors (Lipinski definition) is 2. The third-order valence-electron chi connectivity index (χ3n) is 3.00. The highest BCUT2D eigenvalue weighted by molar-refractivity contribution is 7.99. The molecule has 0 saturated carbocycles. The zero-order valence-corrected chi connectivity index (χ0v) is 12.1. The summed E-state index contributed by atoms with van der Waals surface area (Å²) in [5.41, 5.74) is 2.83. The summed E-state index contributed by atoms with van der Waals surface area (Å²) < 4.78 is 0. The summed E-state index contributed by atoms with van der Waals surface area (Å²) in [5, 5.41) is 3.48. The van der Waals surface area contributed by atoms with Gasteiger partial charge in [0.1, 0.15) is 0 Å². The van der Waals surface area contributed by atoms with Gasteiger partial charge in [-0.05, 0) is 42.9 Å². The van der Waals surface area contributed by atoms with E-state index in [-0.39, 0.29) is 0 Å². The van der Waals surface area contributed by atoms with Crippen molar-refractivity contribution in [3.8, 4) is 0 Å². The molecule has 1 aromatic rings. The zero-order valence-electron chi connectivity index (χ0n) is 11.3. The van der Waals surface area contributed by atoms with Crippen LogP contribution in [0.3, 0.4) is 0 Å². The van der Waals surface area contributed by atoms with Gasteiger partial charge in [0.2, 0.25) is 0 Å². The molecule has 0 aliphatic heterocycles. The van der Waals surface area contributed by atoms with Crippen LogP contribution in [-0.2, 0) is 0 Å². The lowest BCUT2D eigenvalue weighted by Gasteiger charge is -2.17. The van der Waals surface area contributed by atoms with Crippen molar-refractivity contribution in [1.82, 2.24) is 5.32 Å². The molecule has 0 heterocycles. The van der Waals surface area contributed by atoms with Crippen molar-refractivity contribution in [3.05, 3.63) is 35.4 Å². The molecule has 0 fully saturated rings. The topological polar surface area (TPSA) is 12.0 Å². The first-order valence-electron chi connectivity index (χ1n) is 6.63. The maximum absolute atomic E-state index is 3.48. The molecule has 2 heteroatoms. The monoisotopic (exact) mass is 251 g/mol. The lowest BCUT2D eigenvalue weighted by molar-refractivity contribution is 0.587. The molecular formula is C15H25NS. The highest BCUT2D eigenvalue weighted by atomic mass is 32.2. The highest BCUT2D eigenvalue weighted by Gasteiger charge is 2.10. The fourth-order valence-electron chi connectivity index (χ4n) is 1.91. The van der Waals surface area contributed by atoms with Gasteiger partial charge < -0.3 is 5.32 Å². The summed E-state index contributed by atoms with van der Waals surface area (Å²) in [6.07, 6.45) is 1.27. The molecule has 0 saturated heterocycles. The van der Waals surface area contributed by atoms with Gasteiger partial charge in [0.25, 0.3) is 0 Å². The van der Waals surface area contributed by atoms with Gasteiger partial charge in [0.05, 0.1) is 0 Å². The van der Waals surface area contributed by atoms with Crippen LogP contribution >= 0.6 is 11.8 Å². The van der Waals surface area contributed by atoms with Crippen molar-refractivity contribution in [2.24, 2.45) is 0 Å². The third-order valence-corrected chi connectivity index (χ3v) is 3.94. The number of likely N-dealkylation sites (N-methyl/N-ethyl adjacent to an activating group) is 1. The highest BCUT2D eigenvalue weighted by Crippen LogP contribution is 2.21. The maximum atomic E-state index is 3.48. The Morgan fingerprint density at radius 3 is 2.47 bits per heavy atom. The van der Waals surface area contributed by atoms with Crippen LogP contribution in [0, 0.1) is 6.92 Å². The van der Waals surface area contributed by atoms with Crippen LogP contribution in [0.4, 0.5) is 0 Å². The van der Waals surface area contributed by atoms with Gasteiger partial charge in [-0.1, -0.05) is 43.7 Å². The van der Waals surface area contributed by atoms with E-state index in [1.807, 2.05) is 11.8 Å². The van der Waals surface area contributed by atoms with E-state index in [9.17, 15) is 0 Å². The first-order chi connectivity index (χ1) is 8.27. The van der Waals surface area contributed by atoms with Crippen molar-refractivity contribution in [3.63, 3.8) is 0 Å². The molecule has 0 aliphatic carbocycles. The van der Waals surface area contributed by atoms with Crippen molar-refractivity contribution < 1.29 is 0 Å². The molecule has 0 bridgehead atoms. The lowest BCUT2D eigenvalue weighted by atomic mass is 9.95. The Hall–Kier alpha value is -0.470. The van der Waals surface area contributed by atoms with E-state index in [1.165, 1.54) is 29.1 Å². The van der Waals surface area contributed by atoms with E-state index >= 15 is 0 Å². The fraction of sp³-hybridized carbons (Fsp3) is 0.600. The summed E-state index contributed by atoms with van der Waals surface area (Å²) in [5.74, 6) is 3.15. The number of benzene rings is 1. The SMILES string of the molecule is CCNCC(CCSCC)c1ccc(C)cc1. The molecule has 0 amide bonds. The average Bonchev–Trinajstić information content (AvgIpc) is 2.35. The average molecular weight is 251 g/mol. The number of thioether (sulfide) groups is 1. The molecular weight excluding hydrogens is 226 g/mol. The Morgan fingerprint density at radius 1 is 1.18 bits per heavy atom. The Kier molecular flexibility index (Phi) is 7.38. The Morgan fingerprint density at radius 2 is 1.88 bits per heavy atom. The molecule has 1 N–H and O–H groups in total. The smallest absolute Gasteiger partial charge is 0.00203 e. The number of rotatable bonds is 8. The second kappa shape index (κ2) is 8.60. The van der Waals surface area contributed by atoms with E-state index in [2.05, 4.69) is 50.4 Å². The van der Waals surface area contributed by atoms with Gasteiger partial charge in [0.15, 0.2) is 0 Å². The number of hydrogen-bond donors (Lipinski definition) is 1. The minimum atomic E-state index is 0.662. The van der Waals surface area contributed by atoms with Crippen LogP contribution in [0.25, 0.3) is 0 Å². The van der Waals surface area contributed by atoms with Gasteiger partial charge in [-0.25, -0.2) is 0 Å². The molecule has 1 unspecified atom stereocenters. The summed E-state index contributed by atoms with van der Waals surface area (Å²) >= 11 is 2.04. The summed E-state index contributed by atoms with van der Waals surface area (Å²) in [6.45, 7) is 8.71. The molecule has 0 aliphatic rings. The van der Waals surface area contributed by atoms with E-state index in [1.54, 1.807) is 0 Å². The second-order valence-corrected chi connectivity index (χ2v) is 5.79. The van der Waals surface area contributed by atoms with Crippen molar-refractivity contribution in [2.45, 2.75) is 33.1 Å². The first kappa shape index (κ1) is 14.6. The minimum absolute atomic E-state index is 0.662. The first-order valence-corrected chi connectivity index (χ1v) is 7.78. The van der Waals surface area contributed by atoms with Crippen molar-refractivity contribution >= 4 is 11.8 Å². The predicted octanol–water partition coefficient (Wildman–Crippen LogP) is 3.83. The third kappa shape index (κ3) is 5.60. The standard InChI is InChI=1S/C15H25NS/c1-4-16-12-15(10-11-17-5-2)14-8-6-13(3)7-9-14/h6-9,15-16H,4-5,10-12H2,1-3H3. The van der Waals surface area contributed by atoms with Crippen LogP contribution in [0.2, 0.25) is 0 Å². The van der Waals surface area contributed by atoms with E-state index in [4.69, 9.17) is 0 Å². The van der Waals surface area contributed by atoms with Crippen LogP contribution in [0.15, 0.2) is 24.3 Å². The Bertz CT molecular complexity index is 294. The Balaban J connectivity index is 2.57. The summed E-state index contributed by atoms with van der Waals surface area (Å²) in [6, 6.07) is 9.02. The molecule has 1 rings (SSSR count). The van der Waals surface area contributed by atoms with Gasteiger partial charge in [0, 0.05) is 6.54 Å². The maximum Gasteiger partial charge on any atom is 0.00203 e. The molecule has 17 heavy (non-hydrogen) atoms. The minimum Gasteiger partial charge on any atom is -0.316 e. The fourth-order valence-corrected chi connectivity index (χ4v) is 2.65. The molecule has 0 radical (unpaired) electrons. The quantitative estimate of drug-likeness (QED) is 0.705. The molecule has 1 nitrogen and oxygen atoms in total. The van der Waals surface area contributed by atoms with Gasteiger partial charge >= 0.3 is 0 Å². The molecule has 1 aromatic carbocycles. The van der Waals surface area contributed by atoms with Gasteiger partial charge in [-0.15, -0.1) is 0 Å². The van der Waals surface area contributed by atoms with Crippen LogP contribution < -0.4 is 5.32 Å². The van der Waals surface area contributed by atoms with Crippen LogP contribution in [0.5, 0.6) is 0 Å². The Labute approximate surface area is 110 Å². The largest absolute Gasteiger partial charge is 0.316 e. The lowest BCUT2D eigenvalue weighted by Crippen LogP contribution is -2.21. The van der Waals surface area contributed by atoms with Crippen molar-refractivity contribution in [2.75, 3.05) is 24.6 Å².